The predicted octanol–water partition coefficient (Wildman–Crippen LogP) is 7.38. The molecule has 0 fully saturated rings. The number of phenols is 1. The van der Waals surface area contributed by atoms with Crippen LogP contribution in [-0.2, 0) is 22.4 Å². The molecule has 0 amide bonds. The molecule has 0 heterocycles. The molecular formula is C36H47NO4. The van der Waals surface area contributed by atoms with Crippen LogP contribution in [0.2, 0.25) is 0 Å². The lowest BCUT2D eigenvalue weighted by Gasteiger charge is -2.28. The Kier molecular flexibility index (Phi) is 11.8. The number of hydrogen-bond acceptors (Lipinski definition) is 4. The molecule has 220 valence electrons. The standard InChI is InChI=1S/C36H47NO4/c37-20-19-26-13-14-31(22-26)33(25-38)12-3-1-2-9-29-10-4-5-11-32(36(40)41)23-27-7-6-8-28(21-27)24-35(29)30-15-17-34(39)18-16-30/h4-8,15-18,21-22,25,29,31-33,35,39H,1-3,9-14,19-20,23-24,37H2,(H,40,41)/t29-,31+,32-,33+,35+/m0/s1. The number of unbranched alkanes of at least 4 members (excludes halogenated alkanes) is 2. The summed E-state index contributed by atoms with van der Waals surface area (Å²) in [6, 6.07) is 16.1. The molecule has 2 aromatic rings. The molecule has 2 bridgehead atoms. The number of phenolic OH excluding ortho intramolecular Hbond substituents is 1. The number of carbonyl (C=O) groups excluding carboxylic acids is 1. The van der Waals surface area contributed by atoms with Crippen molar-refractivity contribution < 1.29 is 19.8 Å². The first-order valence-electron chi connectivity index (χ1n) is 15.6. The first-order valence-corrected chi connectivity index (χ1v) is 15.6. The molecular weight excluding hydrogens is 510 g/mol. The highest BCUT2D eigenvalue weighted by atomic mass is 16.4. The summed E-state index contributed by atoms with van der Waals surface area (Å²) in [5.74, 6) is 0.269. The Morgan fingerprint density at radius 2 is 1.76 bits per heavy atom. The van der Waals surface area contributed by atoms with Crippen molar-refractivity contribution in [1.82, 2.24) is 0 Å². The predicted molar refractivity (Wildman–Crippen MR) is 165 cm³/mol. The molecule has 0 saturated carbocycles. The number of carbonyl (C=O) groups is 2. The second-order valence-corrected chi connectivity index (χ2v) is 12.2. The number of aliphatic carboxylic acids is 1. The molecule has 2 aromatic carbocycles. The summed E-state index contributed by atoms with van der Waals surface area (Å²) < 4.78 is 0. The lowest BCUT2D eigenvalue weighted by atomic mass is 9.76. The quantitative estimate of drug-likeness (QED) is 0.144. The summed E-state index contributed by atoms with van der Waals surface area (Å²) in [5, 5.41) is 19.7. The molecule has 0 saturated heterocycles. The first-order chi connectivity index (χ1) is 20.0. The normalized spacial score (nSPS) is 23.7. The van der Waals surface area contributed by atoms with Gasteiger partial charge in [0.1, 0.15) is 12.0 Å². The van der Waals surface area contributed by atoms with Crippen LogP contribution in [0.5, 0.6) is 5.75 Å². The van der Waals surface area contributed by atoms with Crippen LogP contribution >= 0.6 is 0 Å². The maximum Gasteiger partial charge on any atom is 0.307 e. The minimum absolute atomic E-state index is 0.105. The molecule has 2 aliphatic rings. The highest BCUT2D eigenvalue weighted by molar-refractivity contribution is 5.70. The minimum atomic E-state index is -0.743. The molecule has 41 heavy (non-hydrogen) atoms. The first kappa shape index (κ1) is 30.8. The van der Waals surface area contributed by atoms with E-state index in [9.17, 15) is 19.8 Å². The number of hydrogen-bond donors (Lipinski definition) is 3. The molecule has 0 radical (unpaired) electrons. The van der Waals surface area contributed by atoms with E-state index in [1.54, 1.807) is 12.1 Å². The Labute approximate surface area is 245 Å². The van der Waals surface area contributed by atoms with E-state index in [-0.39, 0.29) is 17.6 Å². The van der Waals surface area contributed by atoms with Crippen LogP contribution in [0, 0.1) is 23.7 Å². The van der Waals surface area contributed by atoms with Gasteiger partial charge in [-0.1, -0.05) is 79.5 Å². The van der Waals surface area contributed by atoms with Crippen LogP contribution in [0.3, 0.4) is 0 Å². The van der Waals surface area contributed by atoms with E-state index in [2.05, 4.69) is 48.6 Å². The SMILES string of the molecule is NCCC1=C[C@H]([C@@H](C=O)CCCCC[C@H]2CC=CC[C@H](C(=O)O)Cc3cccc(c3)C[C@H]2c2ccc(O)cc2)CC1. The van der Waals surface area contributed by atoms with Gasteiger partial charge in [0.15, 0.2) is 0 Å². The Bertz CT molecular complexity index is 1180. The fourth-order valence-corrected chi connectivity index (χ4v) is 6.89. The fourth-order valence-electron chi connectivity index (χ4n) is 6.89. The number of nitrogens with two attached hydrogens (primary N) is 1. The summed E-state index contributed by atoms with van der Waals surface area (Å²) in [7, 11) is 0. The zero-order valence-corrected chi connectivity index (χ0v) is 24.3. The van der Waals surface area contributed by atoms with Gasteiger partial charge in [-0.25, -0.2) is 0 Å². The van der Waals surface area contributed by atoms with Gasteiger partial charge in [0.25, 0.3) is 0 Å². The molecule has 0 aliphatic heterocycles. The van der Waals surface area contributed by atoms with Gasteiger partial charge in [-0.3, -0.25) is 4.79 Å². The second-order valence-electron chi connectivity index (χ2n) is 12.2. The third kappa shape index (κ3) is 9.16. The van der Waals surface area contributed by atoms with E-state index in [0.29, 0.717) is 31.2 Å². The third-order valence-corrected chi connectivity index (χ3v) is 9.25. The Hall–Kier alpha value is -3.18. The second kappa shape index (κ2) is 15.7. The minimum Gasteiger partial charge on any atom is -0.508 e. The fraction of sp³-hybridized carbons (Fsp3) is 0.500. The lowest BCUT2D eigenvalue weighted by Crippen LogP contribution is -2.18. The average Bonchev–Trinajstić information content (AvgIpc) is 3.43. The van der Waals surface area contributed by atoms with Crippen molar-refractivity contribution >= 4 is 12.3 Å². The smallest absolute Gasteiger partial charge is 0.307 e. The van der Waals surface area contributed by atoms with Gasteiger partial charge in [0, 0.05) is 5.92 Å². The maximum absolute atomic E-state index is 11.9. The highest BCUT2D eigenvalue weighted by Gasteiger charge is 2.26. The van der Waals surface area contributed by atoms with Crippen LogP contribution in [0.25, 0.3) is 0 Å². The third-order valence-electron chi connectivity index (χ3n) is 9.25. The van der Waals surface area contributed by atoms with Crippen molar-refractivity contribution in [2.24, 2.45) is 29.4 Å². The monoisotopic (exact) mass is 557 g/mol. The molecule has 4 rings (SSSR count). The van der Waals surface area contributed by atoms with Crippen LogP contribution in [0.4, 0.5) is 0 Å². The van der Waals surface area contributed by atoms with Gasteiger partial charge < -0.3 is 20.7 Å². The van der Waals surface area contributed by atoms with E-state index in [4.69, 9.17) is 5.73 Å². The Morgan fingerprint density at radius 3 is 2.49 bits per heavy atom. The van der Waals surface area contributed by atoms with Gasteiger partial charge in [-0.05, 0) is 111 Å². The molecule has 0 unspecified atom stereocenters. The molecule has 4 N–H and O–H groups in total. The van der Waals surface area contributed by atoms with Crippen molar-refractivity contribution in [3.63, 3.8) is 0 Å². The number of aromatic hydroxyl groups is 1. The van der Waals surface area contributed by atoms with E-state index >= 15 is 0 Å². The molecule has 5 heteroatoms. The zero-order chi connectivity index (χ0) is 29.0. The Morgan fingerprint density at radius 1 is 1.00 bits per heavy atom. The molecule has 5 atom stereocenters. The van der Waals surface area contributed by atoms with Gasteiger partial charge in [0.05, 0.1) is 5.92 Å². The number of rotatable bonds is 12. The van der Waals surface area contributed by atoms with Gasteiger partial charge in [0.2, 0.25) is 0 Å². The largest absolute Gasteiger partial charge is 0.508 e. The van der Waals surface area contributed by atoms with Crippen molar-refractivity contribution in [2.45, 2.75) is 83.0 Å². The van der Waals surface area contributed by atoms with Crippen LogP contribution in [0.15, 0.2) is 72.3 Å². The van der Waals surface area contributed by atoms with Crippen LogP contribution < -0.4 is 5.73 Å². The molecule has 2 aliphatic carbocycles. The average molecular weight is 558 g/mol. The topological polar surface area (TPSA) is 101 Å². The molecule has 0 aromatic heterocycles. The van der Waals surface area contributed by atoms with E-state index in [1.165, 1.54) is 23.0 Å². The summed E-state index contributed by atoms with van der Waals surface area (Å²) >= 11 is 0. The number of aldehydes is 1. The summed E-state index contributed by atoms with van der Waals surface area (Å²) in [6.07, 6.45) is 18.9. The van der Waals surface area contributed by atoms with Crippen molar-refractivity contribution in [3.05, 3.63) is 89.0 Å². The lowest BCUT2D eigenvalue weighted by molar-refractivity contribution is -0.141. The van der Waals surface area contributed by atoms with E-state index in [1.807, 2.05) is 6.07 Å². The van der Waals surface area contributed by atoms with E-state index < -0.39 is 11.9 Å². The summed E-state index contributed by atoms with van der Waals surface area (Å²) in [4.78, 5) is 23.8. The van der Waals surface area contributed by atoms with Crippen molar-refractivity contribution in [1.29, 1.82) is 0 Å². The number of carboxylic acid groups (broad SMARTS) is 1. The van der Waals surface area contributed by atoms with Crippen molar-refractivity contribution in [2.75, 3.05) is 6.54 Å². The number of benzene rings is 2. The molecule has 5 nitrogen and oxygen atoms in total. The van der Waals surface area contributed by atoms with Crippen LogP contribution in [0.1, 0.15) is 86.8 Å². The Balaban J connectivity index is 1.44. The maximum atomic E-state index is 11.9. The van der Waals surface area contributed by atoms with Crippen molar-refractivity contribution in [3.8, 4) is 5.75 Å². The summed E-state index contributed by atoms with van der Waals surface area (Å²) in [5.41, 5.74) is 10.7. The summed E-state index contributed by atoms with van der Waals surface area (Å²) in [6.45, 7) is 0.678. The highest BCUT2D eigenvalue weighted by Crippen LogP contribution is 2.37. The van der Waals surface area contributed by atoms with Gasteiger partial charge in [-0.2, -0.15) is 0 Å². The van der Waals surface area contributed by atoms with Gasteiger partial charge >= 0.3 is 5.97 Å². The van der Waals surface area contributed by atoms with Crippen LogP contribution in [-0.4, -0.2) is 29.0 Å². The van der Waals surface area contributed by atoms with E-state index in [0.717, 1.165) is 69.8 Å². The zero-order valence-electron chi connectivity index (χ0n) is 24.3. The number of carboxylic acids is 1. The number of allylic oxidation sites excluding steroid dienone is 3. The number of fused-ring (bicyclic) bond motifs is 2. The molecule has 0 spiro atoms. The van der Waals surface area contributed by atoms with Gasteiger partial charge in [-0.15, -0.1) is 0 Å².